The van der Waals surface area contributed by atoms with Crippen molar-refractivity contribution >= 4 is 17.3 Å². The lowest BCUT2D eigenvalue weighted by Gasteiger charge is -2.17. The van der Waals surface area contributed by atoms with Gasteiger partial charge in [-0.2, -0.15) is 13.2 Å². The number of halogens is 5. The van der Waals surface area contributed by atoms with Crippen molar-refractivity contribution in [2.45, 2.75) is 19.1 Å². The Morgan fingerprint density at radius 2 is 1.86 bits per heavy atom. The standard InChI is InChI=1S/C14H11ClF4N2/c1-8(9-2-12(16)7-20-6-9)21-13-4-10(14(17,18)19)3-11(15)5-13/h2-8,21H,1H3. The van der Waals surface area contributed by atoms with E-state index >= 15 is 0 Å². The molecule has 1 aromatic carbocycles. The monoisotopic (exact) mass is 318 g/mol. The quantitative estimate of drug-likeness (QED) is 0.800. The van der Waals surface area contributed by atoms with Crippen LogP contribution in [0.1, 0.15) is 24.1 Å². The molecule has 0 bridgehead atoms. The van der Waals surface area contributed by atoms with Gasteiger partial charge in [0.2, 0.25) is 0 Å². The van der Waals surface area contributed by atoms with Gasteiger partial charge in [-0.05, 0) is 36.8 Å². The van der Waals surface area contributed by atoms with Crippen molar-refractivity contribution in [2.75, 3.05) is 5.32 Å². The van der Waals surface area contributed by atoms with Crippen molar-refractivity contribution in [1.29, 1.82) is 0 Å². The lowest BCUT2D eigenvalue weighted by Crippen LogP contribution is -2.10. The second-order valence-electron chi connectivity index (χ2n) is 4.53. The maximum atomic E-state index is 13.1. The molecule has 0 spiro atoms. The summed E-state index contributed by atoms with van der Waals surface area (Å²) in [5.41, 5.74) is -0.128. The second kappa shape index (κ2) is 5.89. The fourth-order valence-corrected chi connectivity index (χ4v) is 2.07. The number of hydrogen-bond acceptors (Lipinski definition) is 2. The third kappa shape index (κ3) is 4.07. The number of pyridine rings is 1. The zero-order chi connectivity index (χ0) is 15.6. The van der Waals surface area contributed by atoms with Crippen molar-refractivity contribution in [1.82, 2.24) is 4.98 Å². The molecule has 1 N–H and O–H groups in total. The molecule has 1 unspecified atom stereocenters. The van der Waals surface area contributed by atoms with Gasteiger partial charge in [0.15, 0.2) is 0 Å². The fourth-order valence-electron chi connectivity index (χ4n) is 1.84. The first-order valence-corrected chi connectivity index (χ1v) is 6.38. The molecule has 0 aliphatic rings. The van der Waals surface area contributed by atoms with Gasteiger partial charge in [-0.1, -0.05) is 11.6 Å². The number of aromatic nitrogens is 1. The van der Waals surface area contributed by atoms with Crippen molar-refractivity contribution in [2.24, 2.45) is 0 Å². The highest BCUT2D eigenvalue weighted by Gasteiger charge is 2.31. The van der Waals surface area contributed by atoms with E-state index in [2.05, 4.69) is 10.3 Å². The van der Waals surface area contributed by atoms with Crippen LogP contribution in [0.15, 0.2) is 36.7 Å². The van der Waals surface area contributed by atoms with Crippen molar-refractivity contribution in [3.05, 3.63) is 58.6 Å². The van der Waals surface area contributed by atoms with Gasteiger partial charge in [0.05, 0.1) is 17.8 Å². The molecule has 0 saturated heterocycles. The minimum atomic E-state index is -4.48. The van der Waals surface area contributed by atoms with Crippen LogP contribution in [0, 0.1) is 5.82 Å². The molecule has 0 radical (unpaired) electrons. The maximum Gasteiger partial charge on any atom is 0.416 e. The summed E-state index contributed by atoms with van der Waals surface area (Å²) in [4.78, 5) is 3.70. The molecule has 1 aromatic heterocycles. The van der Waals surface area contributed by atoms with Gasteiger partial charge in [0, 0.05) is 16.9 Å². The van der Waals surface area contributed by atoms with Crippen LogP contribution >= 0.6 is 11.6 Å². The second-order valence-corrected chi connectivity index (χ2v) is 4.97. The van der Waals surface area contributed by atoms with Crippen LogP contribution in [0.3, 0.4) is 0 Å². The number of rotatable bonds is 3. The van der Waals surface area contributed by atoms with Gasteiger partial charge in [-0.15, -0.1) is 0 Å². The summed E-state index contributed by atoms with van der Waals surface area (Å²) in [5, 5.41) is 2.82. The first-order chi connectivity index (χ1) is 9.75. The average Bonchev–Trinajstić information content (AvgIpc) is 2.37. The van der Waals surface area contributed by atoms with E-state index in [-0.39, 0.29) is 10.7 Å². The summed E-state index contributed by atoms with van der Waals surface area (Å²) < 4.78 is 51.2. The number of alkyl halides is 3. The first kappa shape index (κ1) is 15.6. The Bertz CT molecular complexity index is 643. The summed E-state index contributed by atoms with van der Waals surface area (Å²) >= 11 is 5.70. The van der Waals surface area contributed by atoms with E-state index in [1.165, 1.54) is 18.3 Å². The lowest BCUT2D eigenvalue weighted by atomic mass is 10.1. The highest BCUT2D eigenvalue weighted by molar-refractivity contribution is 6.30. The van der Waals surface area contributed by atoms with E-state index in [1.807, 2.05) is 0 Å². The highest BCUT2D eigenvalue weighted by atomic mass is 35.5. The minimum absolute atomic E-state index is 0.0307. The van der Waals surface area contributed by atoms with Crippen LogP contribution in [0.2, 0.25) is 5.02 Å². The molecule has 0 amide bonds. The molecule has 21 heavy (non-hydrogen) atoms. The van der Waals surface area contributed by atoms with Gasteiger partial charge in [-0.3, -0.25) is 4.98 Å². The molecule has 7 heteroatoms. The van der Waals surface area contributed by atoms with E-state index in [9.17, 15) is 17.6 Å². The Morgan fingerprint density at radius 3 is 2.48 bits per heavy atom. The van der Waals surface area contributed by atoms with E-state index in [0.717, 1.165) is 18.3 Å². The Labute approximate surface area is 123 Å². The van der Waals surface area contributed by atoms with Gasteiger partial charge in [0.1, 0.15) is 5.82 Å². The van der Waals surface area contributed by atoms with Crippen molar-refractivity contribution in [3.8, 4) is 0 Å². The van der Waals surface area contributed by atoms with E-state index in [4.69, 9.17) is 11.6 Å². The first-order valence-electron chi connectivity index (χ1n) is 6.00. The number of hydrogen-bond donors (Lipinski definition) is 1. The van der Waals surface area contributed by atoms with E-state index in [0.29, 0.717) is 5.56 Å². The lowest BCUT2D eigenvalue weighted by molar-refractivity contribution is -0.137. The number of benzene rings is 1. The molecule has 0 aliphatic heterocycles. The molecule has 2 aromatic rings. The normalized spacial score (nSPS) is 13.0. The van der Waals surface area contributed by atoms with Gasteiger partial charge < -0.3 is 5.32 Å². The molecule has 1 atom stereocenters. The van der Waals surface area contributed by atoms with Crippen LogP contribution in [0.5, 0.6) is 0 Å². The molecule has 2 nitrogen and oxygen atoms in total. The van der Waals surface area contributed by atoms with Crippen molar-refractivity contribution in [3.63, 3.8) is 0 Å². The predicted molar refractivity (Wildman–Crippen MR) is 72.7 cm³/mol. The Balaban J connectivity index is 2.25. The Kier molecular flexibility index (Phi) is 4.37. The molecule has 0 saturated carbocycles. The van der Waals surface area contributed by atoms with Crippen LogP contribution in [0.25, 0.3) is 0 Å². The number of nitrogens with zero attached hydrogens (tertiary/aromatic N) is 1. The molecule has 2 rings (SSSR count). The largest absolute Gasteiger partial charge is 0.416 e. The van der Waals surface area contributed by atoms with Gasteiger partial charge in [0.25, 0.3) is 0 Å². The maximum absolute atomic E-state index is 13.1. The molecule has 0 fully saturated rings. The van der Waals surface area contributed by atoms with Gasteiger partial charge >= 0.3 is 6.18 Å². The molecule has 1 heterocycles. The fraction of sp³-hybridized carbons (Fsp3) is 0.214. The molecule has 0 aliphatic carbocycles. The molecule has 112 valence electrons. The zero-order valence-electron chi connectivity index (χ0n) is 10.9. The summed E-state index contributed by atoms with van der Waals surface area (Å²) in [5.74, 6) is -0.511. The van der Waals surface area contributed by atoms with E-state index < -0.39 is 23.6 Å². The summed E-state index contributed by atoms with van der Waals surface area (Å²) in [6.45, 7) is 1.69. The summed E-state index contributed by atoms with van der Waals surface area (Å²) in [6, 6.07) is 4.02. The number of anilines is 1. The SMILES string of the molecule is CC(Nc1cc(Cl)cc(C(F)(F)F)c1)c1cncc(F)c1. The Hall–Kier alpha value is -1.82. The average molecular weight is 319 g/mol. The van der Waals surface area contributed by atoms with Crippen LogP contribution < -0.4 is 5.32 Å². The predicted octanol–water partition coefficient (Wildman–Crippen LogP) is 5.07. The third-order valence-corrected chi connectivity index (χ3v) is 3.05. The summed E-state index contributed by atoms with van der Waals surface area (Å²) in [7, 11) is 0. The zero-order valence-corrected chi connectivity index (χ0v) is 11.6. The van der Waals surface area contributed by atoms with Crippen molar-refractivity contribution < 1.29 is 17.6 Å². The number of nitrogens with one attached hydrogen (secondary N) is 1. The molecular formula is C14H11ClF4N2. The van der Waals surface area contributed by atoms with Crippen LogP contribution in [-0.2, 0) is 6.18 Å². The van der Waals surface area contributed by atoms with Crippen LogP contribution in [-0.4, -0.2) is 4.98 Å². The molecular weight excluding hydrogens is 308 g/mol. The van der Waals surface area contributed by atoms with Crippen LogP contribution in [0.4, 0.5) is 23.2 Å². The third-order valence-electron chi connectivity index (χ3n) is 2.83. The smallest absolute Gasteiger partial charge is 0.378 e. The van der Waals surface area contributed by atoms with Gasteiger partial charge in [-0.25, -0.2) is 4.39 Å². The highest BCUT2D eigenvalue weighted by Crippen LogP contribution is 2.34. The topological polar surface area (TPSA) is 24.9 Å². The summed E-state index contributed by atoms with van der Waals surface area (Å²) in [6.07, 6.45) is -1.99. The van der Waals surface area contributed by atoms with E-state index in [1.54, 1.807) is 6.92 Å². The minimum Gasteiger partial charge on any atom is -0.378 e. The Morgan fingerprint density at radius 1 is 1.14 bits per heavy atom.